The lowest BCUT2D eigenvalue weighted by Crippen LogP contribution is -2.42. The fourth-order valence-electron chi connectivity index (χ4n) is 4.91. The molecular weight excluding hydrogens is 484 g/mol. The molecule has 196 valence electrons. The van der Waals surface area contributed by atoms with Crippen LogP contribution in [0.1, 0.15) is 36.3 Å². The lowest BCUT2D eigenvalue weighted by atomic mass is 10.1. The van der Waals surface area contributed by atoms with Crippen LogP contribution in [0.2, 0.25) is 0 Å². The summed E-state index contributed by atoms with van der Waals surface area (Å²) in [4.78, 5) is 34.5. The van der Waals surface area contributed by atoms with Crippen LogP contribution in [0, 0.1) is 0 Å². The first-order valence-corrected chi connectivity index (χ1v) is 13.3. The zero-order valence-corrected chi connectivity index (χ0v) is 22.0. The Morgan fingerprint density at radius 1 is 0.821 bits per heavy atom. The Hall–Kier alpha value is -4.71. The monoisotopic (exact) mass is 516 g/mol. The molecule has 1 atom stereocenters. The highest BCUT2D eigenvalue weighted by molar-refractivity contribution is 5.89. The Kier molecular flexibility index (Phi) is 8.12. The van der Waals surface area contributed by atoms with Crippen LogP contribution in [-0.4, -0.2) is 27.0 Å². The van der Waals surface area contributed by atoms with Gasteiger partial charge in [0.25, 0.3) is 5.56 Å². The third-order valence-electron chi connectivity index (χ3n) is 6.91. The van der Waals surface area contributed by atoms with Crippen LogP contribution in [0.5, 0.6) is 0 Å². The van der Waals surface area contributed by atoms with Crippen molar-refractivity contribution < 1.29 is 4.79 Å². The summed E-state index contributed by atoms with van der Waals surface area (Å²) in [7, 11) is 0. The topological polar surface area (TPSA) is 67.2 Å². The molecule has 1 unspecified atom stereocenters. The molecule has 39 heavy (non-hydrogen) atoms. The minimum atomic E-state index is -0.418. The van der Waals surface area contributed by atoms with Crippen LogP contribution < -0.4 is 10.9 Å². The molecule has 0 saturated heterocycles. The molecule has 2 amide bonds. The normalized spacial score (nSPS) is 11.7. The molecule has 1 heterocycles. The number of carbonyl (C=O) groups excluding carboxylic acids is 1. The number of urea groups is 1. The number of carbonyl (C=O) groups is 1. The Morgan fingerprint density at radius 3 is 2.08 bits per heavy atom. The van der Waals surface area contributed by atoms with Gasteiger partial charge in [-0.15, -0.1) is 0 Å². The largest absolute Gasteiger partial charge is 0.322 e. The van der Waals surface area contributed by atoms with Gasteiger partial charge >= 0.3 is 6.03 Å². The summed E-state index contributed by atoms with van der Waals surface area (Å²) < 4.78 is 1.73. The van der Waals surface area contributed by atoms with Crippen LogP contribution in [0.4, 0.5) is 10.5 Å². The van der Waals surface area contributed by atoms with Crippen molar-refractivity contribution in [1.29, 1.82) is 0 Å². The molecule has 4 aromatic carbocycles. The SMILES string of the molecule is CCC(c1nc2ccccc2c(=O)n1Cc1ccccc1)N(CCc1ccccc1)C(=O)Nc1ccccc1. The molecule has 5 aromatic rings. The highest BCUT2D eigenvalue weighted by Crippen LogP contribution is 2.26. The van der Waals surface area contributed by atoms with Gasteiger partial charge in [-0.3, -0.25) is 9.36 Å². The van der Waals surface area contributed by atoms with Crippen LogP contribution in [0.15, 0.2) is 120 Å². The minimum absolute atomic E-state index is 0.107. The van der Waals surface area contributed by atoms with E-state index in [0.717, 1.165) is 16.8 Å². The molecule has 0 aliphatic heterocycles. The van der Waals surface area contributed by atoms with Crippen LogP contribution >= 0.6 is 0 Å². The van der Waals surface area contributed by atoms with Gasteiger partial charge in [-0.25, -0.2) is 9.78 Å². The third kappa shape index (κ3) is 6.07. The maximum Gasteiger partial charge on any atom is 0.322 e. The van der Waals surface area contributed by atoms with E-state index in [1.54, 1.807) is 4.57 Å². The van der Waals surface area contributed by atoms with E-state index in [1.165, 1.54) is 0 Å². The fourth-order valence-corrected chi connectivity index (χ4v) is 4.91. The summed E-state index contributed by atoms with van der Waals surface area (Å²) in [5.41, 5.74) is 3.38. The number of benzene rings is 4. The van der Waals surface area contributed by atoms with Crippen molar-refractivity contribution in [2.45, 2.75) is 32.4 Å². The van der Waals surface area contributed by atoms with E-state index in [2.05, 4.69) is 17.4 Å². The lowest BCUT2D eigenvalue weighted by molar-refractivity contribution is 0.181. The molecule has 0 aliphatic rings. The quantitative estimate of drug-likeness (QED) is 0.238. The maximum absolute atomic E-state index is 13.8. The third-order valence-corrected chi connectivity index (χ3v) is 6.91. The average Bonchev–Trinajstić information content (AvgIpc) is 2.98. The molecule has 0 bridgehead atoms. The van der Waals surface area contributed by atoms with E-state index in [9.17, 15) is 9.59 Å². The first-order valence-electron chi connectivity index (χ1n) is 13.3. The van der Waals surface area contributed by atoms with E-state index in [0.29, 0.717) is 42.7 Å². The van der Waals surface area contributed by atoms with Gasteiger partial charge in [0.2, 0.25) is 0 Å². The second-order valence-electron chi connectivity index (χ2n) is 9.51. The van der Waals surface area contributed by atoms with Gasteiger partial charge in [-0.1, -0.05) is 97.9 Å². The Labute approximate surface area is 228 Å². The zero-order valence-electron chi connectivity index (χ0n) is 22.0. The Bertz CT molecular complexity index is 1580. The van der Waals surface area contributed by atoms with Crippen molar-refractivity contribution in [3.05, 3.63) is 143 Å². The molecule has 0 saturated carbocycles. The average molecular weight is 517 g/mol. The summed E-state index contributed by atoms with van der Waals surface area (Å²) >= 11 is 0. The molecule has 1 aromatic heterocycles. The number of anilines is 1. The molecule has 6 heteroatoms. The molecule has 0 fully saturated rings. The maximum atomic E-state index is 13.8. The van der Waals surface area contributed by atoms with Gasteiger partial charge in [0.15, 0.2) is 0 Å². The van der Waals surface area contributed by atoms with Crippen molar-refractivity contribution in [2.75, 3.05) is 11.9 Å². The number of nitrogens with zero attached hydrogens (tertiary/aromatic N) is 3. The zero-order chi connectivity index (χ0) is 27.0. The molecule has 1 N–H and O–H groups in total. The molecule has 6 nitrogen and oxygen atoms in total. The van der Waals surface area contributed by atoms with Gasteiger partial charge in [-0.2, -0.15) is 0 Å². The molecule has 0 aliphatic carbocycles. The number of hydrogen-bond acceptors (Lipinski definition) is 3. The van der Waals surface area contributed by atoms with E-state index < -0.39 is 6.04 Å². The second-order valence-corrected chi connectivity index (χ2v) is 9.51. The number of fused-ring (bicyclic) bond motifs is 1. The standard InChI is InChI=1S/C33H32N4O2/c1-2-30(36(23-22-25-14-6-3-7-15-25)33(39)34-27-18-10-5-11-19-27)31-35-29-21-13-12-20-28(29)32(38)37(31)24-26-16-8-4-9-17-26/h3-21,30H,2,22-24H2,1H3,(H,34,39). The van der Waals surface area contributed by atoms with E-state index >= 15 is 0 Å². The lowest BCUT2D eigenvalue weighted by Gasteiger charge is -2.32. The van der Waals surface area contributed by atoms with E-state index in [-0.39, 0.29) is 11.6 Å². The summed E-state index contributed by atoms with van der Waals surface area (Å²) in [6.07, 6.45) is 1.27. The number of aromatic nitrogens is 2. The Morgan fingerprint density at radius 2 is 1.41 bits per heavy atom. The number of nitrogens with one attached hydrogen (secondary N) is 1. The molecular formula is C33H32N4O2. The number of hydrogen-bond donors (Lipinski definition) is 1. The predicted molar refractivity (Wildman–Crippen MR) is 157 cm³/mol. The van der Waals surface area contributed by atoms with E-state index in [1.807, 2.05) is 115 Å². The first-order chi connectivity index (χ1) is 19.1. The van der Waals surface area contributed by atoms with Crippen molar-refractivity contribution in [3.63, 3.8) is 0 Å². The number of para-hydroxylation sites is 2. The number of amides is 2. The van der Waals surface area contributed by atoms with Gasteiger partial charge in [0.1, 0.15) is 5.82 Å². The van der Waals surface area contributed by atoms with Crippen molar-refractivity contribution in [1.82, 2.24) is 14.5 Å². The summed E-state index contributed by atoms with van der Waals surface area (Å²) in [5, 5.41) is 3.62. The van der Waals surface area contributed by atoms with Crippen LogP contribution in [-0.2, 0) is 13.0 Å². The molecule has 0 spiro atoms. The molecule has 5 rings (SSSR count). The minimum Gasteiger partial charge on any atom is -0.314 e. The highest BCUT2D eigenvalue weighted by Gasteiger charge is 2.29. The van der Waals surface area contributed by atoms with Crippen molar-refractivity contribution >= 4 is 22.6 Å². The second kappa shape index (κ2) is 12.2. The highest BCUT2D eigenvalue weighted by atomic mass is 16.2. The predicted octanol–water partition coefficient (Wildman–Crippen LogP) is 6.67. The smallest absolute Gasteiger partial charge is 0.314 e. The summed E-state index contributed by atoms with van der Waals surface area (Å²) in [5.74, 6) is 0.585. The Balaban J connectivity index is 1.59. The number of rotatable bonds is 9. The summed E-state index contributed by atoms with van der Waals surface area (Å²) in [6.45, 7) is 2.87. The summed E-state index contributed by atoms with van der Waals surface area (Å²) in [6, 6.07) is 36.2. The van der Waals surface area contributed by atoms with Crippen LogP contribution in [0.3, 0.4) is 0 Å². The van der Waals surface area contributed by atoms with Crippen LogP contribution in [0.25, 0.3) is 10.9 Å². The van der Waals surface area contributed by atoms with Gasteiger partial charge < -0.3 is 10.2 Å². The fraction of sp³-hybridized carbons (Fsp3) is 0.182. The van der Waals surface area contributed by atoms with Gasteiger partial charge in [-0.05, 0) is 48.2 Å². The van der Waals surface area contributed by atoms with Crippen molar-refractivity contribution in [2.24, 2.45) is 0 Å². The van der Waals surface area contributed by atoms with E-state index in [4.69, 9.17) is 4.98 Å². The molecule has 0 radical (unpaired) electrons. The van der Waals surface area contributed by atoms with Gasteiger partial charge in [0, 0.05) is 12.2 Å². The first kappa shape index (κ1) is 25.9. The van der Waals surface area contributed by atoms with Crippen molar-refractivity contribution in [3.8, 4) is 0 Å². The van der Waals surface area contributed by atoms with Gasteiger partial charge in [0.05, 0.1) is 23.5 Å².